The second-order valence-corrected chi connectivity index (χ2v) is 10.5. The number of hydrogen-bond donors (Lipinski definition) is 1. The van der Waals surface area contributed by atoms with E-state index in [0.717, 1.165) is 28.8 Å². The van der Waals surface area contributed by atoms with E-state index in [1.165, 1.54) is 25.7 Å². The topological polar surface area (TPSA) is 64.2 Å². The van der Waals surface area contributed by atoms with Crippen molar-refractivity contribution in [3.05, 3.63) is 29.6 Å². The van der Waals surface area contributed by atoms with E-state index in [1.807, 2.05) is 25.1 Å². The summed E-state index contributed by atoms with van der Waals surface area (Å²) in [6.45, 7) is 7.62. The van der Waals surface area contributed by atoms with Crippen molar-refractivity contribution >= 4 is 27.2 Å². The molecule has 0 amide bonds. The van der Waals surface area contributed by atoms with Gasteiger partial charge in [-0.1, -0.05) is 32.8 Å². The number of esters is 1. The van der Waals surface area contributed by atoms with Crippen LogP contribution in [0.1, 0.15) is 57.8 Å². The summed E-state index contributed by atoms with van der Waals surface area (Å²) in [5.41, 5.74) is 2.47. The smallest absolute Gasteiger partial charge is 0.321 e. The molecule has 2 aliphatic rings. The van der Waals surface area contributed by atoms with Gasteiger partial charge in [-0.3, -0.25) is 4.79 Å². The zero-order valence-corrected chi connectivity index (χ0v) is 18.1. The first kappa shape index (κ1) is 19.6. The van der Waals surface area contributed by atoms with Gasteiger partial charge in [0.15, 0.2) is 0 Å². The number of fused-ring (bicyclic) bond motifs is 1. The van der Waals surface area contributed by atoms with Gasteiger partial charge >= 0.3 is 5.97 Å². The average molecular weight is 398 g/mol. The molecule has 1 saturated heterocycles. The van der Waals surface area contributed by atoms with Crippen molar-refractivity contribution in [2.24, 2.45) is 5.41 Å². The normalized spacial score (nSPS) is 29.4. The van der Waals surface area contributed by atoms with Crippen LogP contribution in [0, 0.1) is 5.41 Å². The SMILES string of the molecule is CCOC(=O)C1(c2ccc3nc(CC4(C)CCC(C)([Si])CC4)[nH]c3c2)COC1. The van der Waals surface area contributed by atoms with E-state index in [0.29, 0.717) is 19.8 Å². The summed E-state index contributed by atoms with van der Waals surface area (Å²) in [6.07, 6.45) is 5.71. The number of aromatic amines is 1. The summed E-state index contributed by atoms with van der Waals surface area (Å²) in [7, 11) is 3.90. The molecule has 0 unspecified atom stereocenters. The Hall–Kier alpha value is -1.66. The number of nitrogens with zero attached hydrogens (tertiary/aromatic N) is 1. The van der Waals surface area contributed by atoms with Crippen LogP contribution in [0.5, 0.6) is 0 Å². The molecule has 4 rings (SSSR count). The maximum absolute atomic E-state index is 12.5. The van der Waals surface area contributed by atoms with E-state index < -0.39 is 5.41 Å². The number of H-pyrrole nitrogens is 1. The Bertz CT molecular complexity index is 875. The van der Waals surface area contributed by atoms with E-state index in [4.69, 9.17) is 14.5 Å². The Morgan fingerprint density at radius 3 is 2.57 bits per heavy atom. The third-order valence-corrected chi connectivity index (χ3v) is 7.10. The molecule has 3 radical (unpaired) electrons. The minimum absolute atomic E-state index is 0.201. The first-order valence-corrected chi connectivity index (χ1v) is 10.7. The van der Waals surface area contributed by atoms with Crippen LogP contribution < -0.4 is 0 Å². The number of imidazole rings is 1. The van der Waals surface area contributed by atoms with Gasteiger partial charge in [-0.2, -0.15) is 0 Å². The van der Waals surface area contributed by atoms with Gasteiger partial charge in [-0.05, 0) is 47.9 Å². The van der Waals surface area contributed by atoms with Gasteiger partial charge in [0.25, 0.3) is 0 Å². The number of carbonyl (C=O) groups excluding carboxylic acids is 1. The number of aromatic nitrogens is 2. The lowest BCUT2D eigenvalue weighted by molar-refractivity contribution is -0.169. The summed E-state index contributed by atoms with van der Waals surface area (Å²) in [5, 5.41) is 0.272. The maximum atomic E-state index is 12.5. The monoisotopic (exact) mass is 397 g/mol. The third-order valence-electron chi connectivity index (χ3n) is 6.60. The van der Waals surface area contributed by atoms with Gasteiger partial charge in [0.05, 0.1) is 30.9 Å². The molecule has 5 nitrogen and oxygen atoms in total. The van der Waals surface area contributed by atoms with Crippen LogP contribution >= 0.6 is 0 Å². The Morgan fingerprint density at radius 2 is 1.96 bits per heavy atom. The van der Waals surface area contributed by atoms with Gasteiger partial charge in [-0.15, -0.1) is 0 Å². The van der Waals surface area contributed by atoms with E-state index >= 15 is 0 Å². The Labute approximate surface area is 170 Å². The summed E-state index contributed by atoms with van der Waals surface area (Å²) < 4.78 is 10.7. The van der Waals surface area contributed by atoms with Crippen LogP contribution in [0.4, 0.5) is 0 Å². The second kappa shape index (κ2) is 6.99. The molecule has 0 atom stereocenters. The number of carbonyl (C=O) groups is 1. The molecule has 1 N–H and O–H groups in total. The molecule has 1 aromatic heterocycles. The fourth-order valence-electron chi connectivity index (χ4n) is 4.41. The lowest BCUT2D eigenvalue weighted by atomic mass is 9.70. The molecule has 2 aromatic rings. The molecular weight excluding hydrogens is 368 g/mol. The summed E-state index contributed by atoms with van der Waals surface area (Å²) >= 11 is 0. The predicted molar refractivity (Wildman–Crippen MR) is 110 cm³/mol. The second-order valence-electron chi connectivity index (χ2n) is 9.26. The minimum Gasteiger partial charge on any atom is -0.465 e. The van der Waals surface area contributed by atoms with E-state index in [9.17, 15) is 4.79 Å². The summed E-state index contributed by atoms with van der Waals surface area (Å²) in [4.78, 5) is 20.8. The van der Waals surface area contributed by atoms with E-state index in [1.54, 1.807) is 0 Å². The van der Waals surface area contributed by atoms with Crippen LogP contribution in [0.2, 0.25) is 5.04 Å². The van der Waals surface area contributed by atoms with Crippen molar-refractivity contribution in [3.63, 3.8) is 0 Å². The summed E-state index contributed by atoms with van der Waals surface area (Å²) in [6, 6.07) is 6.04. The molecule has 0 bridgehead atoms. The zero-order valence-electron chi connectivity index (χ0n) is 17.1. The van der Waals surface area contributed by atoms with Gasteiger partial charge in [0, 0.05) is 16.7 Å². The molecule has 2 heterocycles. The fourth-order valence-corrected chi connectivity index (χ4v) is 4.66. The van der Waals surface area contributed by atoms with E-state index in [-0.39, 0.29) is 16.4 Å². The number of benzene rings is 1. The van der Waals surface area contributed by atoms with Crippen LogP contribution in [-0.4, -0.2) is 46.0 Å². The first-order valence-electron chi connectivity index (χ1n) is 10.2. The molecule has 1 aliphatic heterocycles. The van der Waals surface area contributed by atoms with Crippen LogP contribution in [0.3, 0.4) is 0 Å². The standard InChI is InChI=1S/C22H29N2O3Si/c1-4-27-19(25)22(13-26-14-22)15-5-6-16-17(11-15)24-18(23-16)12-20(2)7-9-21(3,28)10-8-20/h5-6,11H,4,7-10,12-14H2,1-3H3,(H,23,24). The Kier molecular flexibility index (Phi) is 4.90. The number of rotatable bonds is 5. The Morgan fingerprint density at radius 1 is 1.25 bits per heavy atom. The molecule has 1 aliphatic carbocycles. The molecule has 28 heavy (non-hydrogen) atoms. The van der Waals surface area contributed by atoms with Crippen molar-refractivity contribution < 1.29 is 14.3 Å². The maximum Gasteiger partial charge on any atom is 0.321 e. The quantitative estimate of drug-likeness (QED) is 0.615. The fraction of sp³-hybridized carbons (Fsp3) is 0.636. The van der Waals surface area contributed by atoms with Crippen molar-refractivity contribution in [1.82, 2.24) is 9.97 Å². The zero-order chi connectivity index (χ0) is 20.0. The van der Waals surface area contributed by atoms with Crippen LogP contribution in [-0.2, 0) is 26.1 Å². The third kappa shape index (κ3) is 3.52. The molecule has 1 aromatic carbocycles. The molecule has 2 fully saturated rings. The van der Waals surface area contributed by atoms with Gasteiger partial charge in [-0.25, -0.2) is 4.98 Å². The predicted octanol–water partition coefficient (Wildman–Crippen LogP) is 3.86. The highest BCUT2D eigenvalue weighted by atomic mass is 28.1. The minimum atomic E-state index is -0.676. The highest BCUT2D eigenvalue weighted by molar-refractivity contribution is 6.14. The van der Waals surface area contributed by atoms with Crippen LogP contribution in [0.15, 0.2) is 18.2 Å². The van der Waals surface area contributed by atoms with Crippen molar-refractivity contribution in [3.8, 4) is 0 Å². The van der Waals surface area contributed by atoms with Gasteiger partial charge in [0.1, 0.15) is 11.2 Å². The van der Waals surface area contributed by atoms with Gasteiger partial charge < -0.3 is 14.5 Å². The molecule has 6 heteroatoms. The highest BCUT2D eigenvalue weighted by Gasteiger charge is 2.49. The molecular formula is C22H29N2O3Si. The number of hydrogen-bond acceptors (Lipinski definition) is 4. The van der Waals surface area contributed by atoms with Crippen molar-refractivity contribution in [1.29, 1.82) is 0 Å². The lowest BCUT2D eigenvalue weighted by Gasteiger charge is -2.41. The number of nitrogens with one attached hydrogen (secondary N) is 1. The average Bonchev–Trinajstić information content (AvgIpc) is 2.98. The first-order chi connectivity index (χ1) is 13.3. The Balaban J connectivity index is 1.56. The number of ether oxygens (including phenoxy) is 2. The lowest BCUT2D eigenvalue weighted by Crippen LogP contribution is -2.53. The largest absolute Gasteiger partial charge is 0.465 e. The van der Waals surface area contributed by atoms with E-state index in [2.05, 4.69) is 29.1 Å². The van der Waals surface area contributed by atoms with Crippen molar-refractivity contribution in [2.45, 2.75) is 63.3 Å². The summed E-state index contributed by atoms with van der Waals surface area (Å²) in [5.74, 6) is 0.829. The molecule has 0 spiro atoms. The van der Waals surface area contributed by atoms with Crippen LogP contribution in [0.25, 0.3) is 11.0 Å². The molecule has 149 valence electrons. The van der Waals surface area contributed by atoms with Gasteiger partial charge in [0.2, 0.25) is 0 Å². The highest BCUT2D eigenvalue weighted by Crippen LogP contribution is 2.48. The molecule has 1 saturated carbocycles. The van der Waals surface area contributed by atoms with Crippen molar-refractivity contribution in [2.75, 3.05) is 19.8 Å².